The van der Waals surface area contributed by atoms with Gasteiger partial charge in [0, 0.05) is 45.3 Å². The minimum Gasteiger partial charge on any atom is -0.314 e. The molecule has 15 heavy (non-hydrogen) atoms. The van der Waals surface area contributed by atoms with Crippen molar-refractivity contribution in [2.75, 3.05) is 45.8 Å². The predicted octanol–water partition coefficient (Wildman–Crippen LogP) is 0.622. The van der Waals surface area contributed by atoms with Crippen molar-refractivity contribution in [3.63, 3.8) is 0 Å². The molecule has 1 N–H and O–H groups in total. The highest BCUT2D eigenvalue weighted by molar-refractivity contribution is 4.87. The van der Waals surface area contributed by atoms with Crippen molar-refractivity contribution < 1.29 is 0 Å². The second-order valence-corrected chi connectivity index (χ2v) is 5.38. The Morgan fingerprint density at radius 1 is 1.27 bits per heavy atom. The molecular formula is C12H25N3. The molecule has 0 amide bonds. The Morgan fingerprint density at radius 3 is 2.93 bits per heavy atom. The van der Waals surface area contributed by atoms with Crippen molar-refractivity contribution in [1.82, 2.24) is 15.1 Å². The molecule has 2 saturated heterocycles. The molecule has 0 saturated carbocycles. The smallest absolute Gasteiger partial charge is 0.0348 e. The van der Waals surface area contributed by atoms with E-state index in [1.54, 1.807) is 0 Å². The van der Waals surface area contributed by atoms with Crippen LogP contribution in [0.2, 0.25) is 0 Å². The number of rotatable bonds is 3. The number of nitrogens with one attached hydrogen (secondary N) is 1. The summed E-state index contributed by atoms with van der Waals surface area (Å²) in [4.78, 5) is 5.30. The molecule has 0 aromatic heterocycles. The summed E-state index contributed by atoms with van der Waals surface area (Å²) in [5.41, 5.74) is 0. The van der Waals surface area contributed by atoms with Crippen molar-refractivity contribution in [2.24, 2.45) is 5.92 Å². The van der Waals surface area contributed by atoms with Crippen LogP contribution in [0.25, 0.3) is 0 Å². The minimum atomic E-state index is 0.777. The van der Waals surface area contributed by atoms with Crippen molar-refractivity contribution in [3.8, 4) is 0 Å². The molecule has 1 atom stereocenters. The van der Waals surface area contributed by atoms with Gasteiger partial charge in [0.1, 0.15) is 0 Å². The van der Waals surface area contributed by atoms with Gasteiger partial charge in [0.05, 0.1) is 0 Å². The normalized spacial score (nSPS) is 29.4. The first-order chi connectivity index (χ1) is 7.25. The summed E-state index contributed by atoms with van der Waals surface area (Å²) in [5, 5.41) is 3.50. The third-order valence-electron chi connectivity index (χ3n) is 3.67. The molecule has 0 bridgehead atoms. The fourth-order valence-electron chi connectivity index (χ4n) is 2.58. The lowest BCUT2D eigenvalue weighted by Crippen LogP contribution is -2.61. The summed E-state index contributed by atoms with van der Waals surface area (Å²) in [6.07, 6.45) is 1.35. The Kier molecular flexibility index (Phi) is 4.00. The number of piperazine rings is 2. The molecule has 3 heteroatoms. The Labute approximate surface area is 93.8 Å². The van der Waals surface area contributed by atoms with Gasteiger partial charge < -0.3 is 10.2 Å². The highest BCUT2D eigenvalue weighted by atomic mass is 15.3. The number of hydrogen-bond donors (Lipinski definition) is 1. The van der Waals surface area contributed by atoms with Crippen LogP contribution in [-0.4, -0.2) is 61.7 Å². The largest absolute Gasteiger partial charge is 0.314 e. The molecule has 2 heterocycles. The van der Waals surface area contributed by atoms with E-state index in [4.69, 9.17) is 0 Å². The van der Waals surface area contributed by atoms with Crippen LogP contribution in [0.3, 0.4) is 0 Å². The summed E-state index contributed by atoms with van der Waals surface area (Å²) in [6.45, 7) is 13.4. The molecular weight excluding hydrogens is 186 g/mol. The van der Waals surface area contributed by atoms with Crippen LogP contribution in [0.1, 0.15) is 20.3 Å². The lowest BCUT2D eigenvalue weighted by molar-refractivity contribution is 0.0558. The van der Waals surface area contributed by atoms with E-state index in [2.05, 4.69) is 29.0 Å². The zero-order valence-electron chi connectivity index (χ0n) is 10.2. The van der Waals surface area contributed by atoms with E-state index in [-0.39, 0.29) is 0 Å². The Balaban J connectivity index is 1.75. The lowest BCUT2D eigenvalue weighted by atomic mass is 10.1. The molecule has 2 fully saturated rings. The molecule has 2 aliphatic heterocycles. The SMILES string of the molecule is CC(C)CCN1CCN2CCNCC2C1. The maximum absolute atomic E-state index is 3.50. The Bertz CT molecular complexity index is 193. The quantitative estimate of drug-likeness (QED) is 0.738. The van der Waals surface area contributed by atoms with E-state index in [0.717, 1.165) is 12.0 Å². The van der Waals surface area contributed by atoms with Gasteiger partial charge >= 0.3 is 0 Å². The van der Waals surface area contributed by atoms with Crippen molar-refractivity contribution in [2.45, 2.75) is 26.3 Å². The molecule has 0 radical (unpaired) electrons. The number of nitrogens with zero attached hydrogens (tertiary/aromatic N) is 2. The third kappa shape index (κ3) is 3.16. The van der Waals surface area contributed by atoms with Gasteiger partial charge in [0.25, 0.3) is 0 Å². The van der Waals surface area contributed by atoms with Gasteiger partial charge in [-0.3, -0.25) is 4.90 Å². The van der Waals surface area contributed by atoms with Crippen LogP contribution in [-0.2, 0) is 0 Å². The lowest BCUT2D eigenvalue weighted by Gasteiger charge is -2.44. The summed E-state index contributed by atoms with van der Waals surface area (Å²) in [7, 11) is 0. The first kappa shape index (κ1) is 11.4. The maximum Gasteiger partial charge on any atom is 0.0348 e. The number of fused-ring (bicyclic) bond motifs is 1. The third-order valence-corrected chi connectivity index (χ3v) is 3.67. The first-order valence-corrected chi connectivity index (χ1v) is 6.43. The zero-order valence-corrected chi connectivity index (χ0v) is 10.2. The van der Waals surface area contributed by atoms with Gasteiger partial charge in [0.2, 0.25) is 0 Å². The predicted molar refractivity (Wildman–Crippen MR) is 64.1 cm³/mol. The van der Waals surface area contributed by atoms with Gasteiger partial charge in [0.15, 0.2) is 0 Å². The van der Waals surface area contributed by atoms with E-state index in [9.17, 15) is 0 Å². The average Bonchev–Trinajstić information content (AvgIpc) is 2.26. The topological polar surface area (TPSA) is 18.5 Å². The fraction of sp³-hybridized carbons (Fsp3) is 1.00. The molecule has 0 aromatic rings. The Hall–Kier alpha value is -0.120. The van der Waals surface area contributed by atoms with Crippen LogP contribution < -0.4 is 5.32 Å². The van der Waals surface area contributed by atoms with Crippen LogP contribution in [0.5, 0.6) is 0 Å². The standard InChI is InChI=1S/C12H25N3/c1-11(2)3-5-14-7-8-15-6-4-13-9-12(15)10-14/h11-13H,3-10H2,1-2H3. The minimum absolute atomic E-state index is 0.777. The molecule has 0 aliphatic carbocycles. The van der Waals surface area contributed by atoms with Gasteiger partial charge in [-0.1, -0.05) is 13.8 Å². The summed E-state index contributed by atoms with van der Waals surface area (Å²) in [5.74, 6) is 0.840. The van der Waals surface area contributed by atoms with E-state index >= 15 is 0 Å². The Morgan fingerprint density at radius 2 is 2.13 bits per heavy atom. The first-order valence-electron chi connectivity index (χ1n) is 6.43. The second-order valence-electron chi connectivity index (χ2n) is 5.38. The van der Waals surface area contributed by atoms with Crippen LogP contribution in [0.4, 0.5) is 0 Å². The fourth-order valence-corrected chi connectivity index (χ4v) is 2.58. The second kappa shape index (κ2) is 5.28. The van der Waals surface area contributed by atoms with E-state index in [1.165, 1.54) is 52.2 Å². The van der Waals surface area contributed by atoms with Gasteiger partial charge in [-0.2, -0.15) is 0 Å². The summed E-state index contributed by atoms with van der Waals surface area (Å²) >= 11 is 0. The monoisotopic (exact) mass is 211 g/mol. The van der Waals surface area contributed by atoms with Gasteiger partial charge in [-0.05, 0) is 18.9 Å². The van der Waals surface area contributed by atoms with Gasteiger partial charge in [-0.15, -0.1) is 0 Å². The van der Waals surface area contributed by atoms with Gasteiger partial charge in [-0.25, -0.2) is 0 Å². The van der Waals surface area contributed by atoms with E-state index in [1.807, 2.05) is 0 Å². The molecule has 2 rings (SSSR count). The van der Waals surface area contributed by atoms with Crippen LogP contribution >= 0.6 is 0 Å². The summed E-state index contributed by atoms with van der Waals surface area (Å²) < 4.78 is 0. The van der Waals surface area contributed by atoms with E-state index < -0.39 is 0 Å². The molecule has 0 spiro atoms. The average molecular weight is 211 g/mol. The molecule has 88 valence electrons. The van der Waals surface area contributed by atoms with Crippen molar-refractivity contribution in [3.05, 3.63) is 0 Å². The van der Waals surface area contributed by atoms with Crippen molar-refractivity contribution in [1.29, 1.82) is 0 Å². The highest BCUT2D eigenvalue weighted by Crippen LogP contribution is 2.12. The molecule has 2 aliphatic rings. The molecule has 0 aromatic carbocycles. The molecule has 3 nitrogen and oxygen atoms in total. The van der Waals surface area contributed by atoms with E-state index in [0.29, 0.717) is 0 Å². The number of hydrogen-bond acceptors (Lipinski definition) is 3. The maximum atomic E-state index is 3.50. The zero-order chi connectivity index (χ0) is 10.7. The highest BCUT2D eigenvalue weighted by Gasteiger charge is 2.28. The van der Waals surface area contributed by atoms with Crippen molar-refractivity contribution >= 4 is 0 Å². The van der Waals surface area contributed by atoms with Crippen LogP contribution in [0.15, 0.2) is 0 Å². The molecule has 1 unspecified atom stereocenters. The van der Waals surface area contributed by atoms with Crippen LogP contribution in [0, 0.1) is 5.92 Å². The summed E-state index contributed by atoms with van der Waals surface area (Å²) in [6, 6.07) is 0.777.